The Morgan fingerprint density at radius 2 is 1.75 bits per heavy atom. The zero-order valence-electron chi connectivity index (χ0n) is 10.9. The predicted octanol–water partition coefficient (Wildman–Crippen LogP) is 3.47. The summed E-state index contributed by atoms with van der Waals surface area (Å²) in [6.45, 7) is 11.8. The third-order valence-electron chi connectivity index (χ3n) is 3.06. The first-order valence-electron chi connectivity index (χ1n) is 6.08. The molecule has 0 saturated heterocycles. The van der Waals surface area contributed by atoms with E-state index in [4.69, 9.17) is 9.16 Å². The standard InChI is InChI=1S/C12H24O3Si/c1-6-11(13)14-12(7-2)15-16(8-3,9-4)10-5/h6,12H,1,7-10H2,2-5H3. The first kappa shape index (κ1) is 15.4. The molecule has 0 rings (SSSR count). The van der Waals surface area contributed by atoms with Crippen LogP contribution in [0, 0.1) is 0 Å². The van der Waals surface area contributed by atoms with Gasteiger partial charge in [0, 0.05) is 12.5 Å². The molecule has 0 saturated carbocycles. The van der Waals surface area contributed by atoms with Crippen LogP contribution in [0.15, 0.2) is 12.7 Å². The van der Waals surface area contributed by atoms with Crippen LogP contribution in [-0.4, -0.2) is 20.6 Å². The highest BCUT2D eigenvalue weighted by Gasteiger charge is 2.32. The molecule has 0 aromatic carbocycles. The third-order valence-corrected chi connectivity index (χ3v) is 7.69. The van der Waals surface area contributed by atoms with Gasteiger partial charge >= 0.3 is 5.97 Å². The van der Waals surface area contributed by atoms with Crippen LogP contribution in [0.3, 0.4) is 0 Å². The molecule has 0 aliphatic rings. The Hall–Kier alpha value is -0.613. The van der Waals surface area contributed by atoms with Gasteiger partial charge in [0.1, 0.15) is 0 Å². The third kappa shape index (κ3) is 4.49. The Labute approximate surface area is 100.0 Å². The van der Waals surface area contributed by atoms with Crippen LogP contribution in [-0.2, 0) is 14.0 Å². The predicted molar refractivity (Wildman–Crippen MR) is 68.7 cm³/mol. The molecule has 0 N–H and O–H groups in total. The summed E-state index contributed by atoms with van der Waals surface area (Å²) in [4.78, 5) is 11.1. The summed E-state index contributed by atoms with van der Waals surface area (Å²) >= 11 is 0. The smallest absolute Gasteiger partial charge is 0.332 e. The minimum atomic E-state index is -1.69. The van der Waals surface area contributed by atoms with Crippen molar-refractivity contribution in [2.75, 3.05) is 0 Å². The summed E-state index contributed by atoms with van der Waals surface area (Å²) in [5.74, 6) is -0.405. The van der Waals surface area contributed by atoms with Crippen LogP contribution in [0.2, 0.25) is 18.1 Å². The fraction of sp³-hybridized carbons (Fsp3) is 0.750. The first-order chi connectivity index (χ1) is 7.57. The van der Waals surface area contributed by atoms with E-state index in [1.165, 1.54) is 6.08 Å². The van der Waals surface area contributed by atoms with Gasteiger partial charge in [0.2, 0.25) is 0 Å². The molecule has 3 nitrogen and oxygen atoms in total. The van der Waals surface area contributed by atoms with Gasteiger partial charge in [0.05, 0.1) is 0 Å². The molecule has 0 amide bonds. The van der Waals surface area contributed by atoms with Gasteiger partial charge in [-0.2, -0.15) is 0 Å². The molecular weight excluding hydrogens is 220 g/mol. The Bertz CT molecular complexity index is 216. The molecule has 0 aromatic heterocycles. The van der Waals surface area contributed by atoms with E-state index < -0.39 is 20.6 Å². The van der Waals surface area contributed by atoms with E-state index in [2.05, 4.69) is 27.4 Å². The fourth-order valence-corrected chi connectivity index (χ4v) is 4.42. The van der Waals surface area contributed by atoms with Crippen molar-refractivity contribution in [3.63, 3.8) is 0 Å². The number of rotatable bonds is 8. The largest absolute Gasteiger partial charge is 0.434 e. The van der Waals surface area contributed by atoms with Crippen molar-refractivity contribution in [1.82, 2.24) is 0 Å². The van der Waals surface area contributed by atoms with E-state index in [1.54, 1.807) is 0 Å². The van der Waals surface area contributed by atoms with Crippen LogP contribution in [0.5, 0.6) is 0 Å². The second-order valence-corrected chi connectivity index (χ2v) is 8.56. The Morgan fingerprint density at radius 3 is 2.06 bits per heavy atom. The minimum absolute atomic E-state index is 0.405. The Balaban J connectivity index is 4.48. The van der Waals surface area contributed by atoms with Gasteiger partial charge in [-0.3, -0.25) is 0 Å². The van der Waals surface area contributed by atoms with E-state index in [0.717, 1.165) is 18.1 Å². The summed E-state index contributed by atoms with van der Waals surface area (Å²) in [5, 5.41) is 0. The SMILES string of the molecule is C=CC(=O)OC(CC)O[Si](CC)(CC)CC. The van der Waals surface area contributed by atoms with Crippen molar-refractivity contribution in [2.45, 2.75) is 58.5 Å². The molecule has 0 aliphatic heterocycles. The van der Waals surface area contributed by atoms with Crippen LogP contribution in [0.25, 0.3) is 0 Å². The van der Waals surface area contributed by atoms with Crippen molar-refractivity contribution in [3.05, 3.63) is 12.7 Å². The zero-order chi connectivity index (χ0) is 12.6. The zero-order valence-corrected chi connectivity index (χ0v) is 11.9. The van der Waals surface area contributed by atoms with Gasteiger partial charge in [0.15, 0.2) is 14.6 Å². The maximum absolute atomic E-state index is 11.1. The van der Waals surface area contributed by atoms with Crippen LogP contribution in [0.4, 0.5) is 0 Å². The monoisotopic (exact) mass is 244 g/mol. The molecule has 16 heavy (non-hydrogen) atoms. The van der Waals surface area contributed by atoms with E-state index in [-0.39, 0.29) is 0 Å². The normalized spacial score (nSPS) is 13.2. The molecule has 0 aromatic rings. The lowest BCUT2D eigenvalue weighted by molar-refractivity contribution is -0.159. The van der Waals surface area contributed by atoms with Gasteiger partial charge < -0.3 is 9.16 Å². The second kappa shape index (κ2) is 7.63. The molecule has 0 aliphatic carbocycles. The van der Waals surface area contributed by atoms with Gasteiger partial charge in [-0.25, -0.2) is 4.79 Å². The average Bonchev–Trinajstić information content (AvgIpc) is 2.34. The summed E-state index contributed by atoms with van der Waals surface area (Å²) in [7, 11) is -1.69. The van der Waals surface area contributed by atoms with Crippen molar-refractivity contribution < 1.29 is 14.0 Å². The van der Waals surface area contributed by atoms with Gasteiger partial charge in [-0.1, -0.05) is 34.3 Å². The maximum Gasteiger partial charge on any atom is 0.332 e. The second-order valence-electron chi connectivity index (χ2n) is 3.84. The number of ether oxygens (including phenoxy) is 1. The maximum atomic E-state index is 11.1. The van der Waals surface area contributed by atoms with Crippen LogP contribution >= 0.6 is 0 Å². The number of hydrogen-bond donors (Lipinski definition) is 0. The minimum Gasteiger partial charge on any atom is -0.434 e. The van der Waals surface area contributed by atoms with Crippen LogP contribution in [0.1, 0.15) is 34.1 Å². The molecule has 94 valence electrons. The van der Waals surface area contributed by atoms with Crippen molar-refractivity contribution in [3.8, 4) is 0 Å². The first-order valence-corrected chi connectivity index (χ1v) is 8.61. The van der Waals surface area contributed by atoms with Crippen molar-refractivity contribution in [2.24, 2.45) is 0 Å². The lowest BCUT2D eigenvalue weighted by Crippen LogP contribution is -2.41. The number of hydrogen-bond acceptors (Lipinski definition) is 3. The number of esters is 1. The summed E-state index contributed by atoms with van der Waals surface area (Å²) in [6.07, 6.45) is 1.46. The number of carbonyl (C=O) groups is 1. The molecule has 0 radical (unpaired) electrons. The Morgan fingerprint density at radius 1 is 1.25 bits per heavy atom. The van der Waals surface area contributed by atoms with Gasteiger partial charge in [-0.15, -0.1) is 0 Å². The molecule has 1 atom stereocenters. The average molecular weight is 244 g/mol. The molecule has 0 bridgehead atoms. The summed E-state index contributed by atoms with van der Waals surface area (Å²) < 4.78 is 11.2. The van der Waals surface area contributed by atoms with E-state index >= 15 is 0 Å². The van der Waals surface area contributed by atoms with Gasteiger partial charge in [0.25, 0.3) is 0 Å². The van der Waals surface area contributed by atoms with Gasteiger partial charge in [-0.05, 0) is 18.1 Å². The highest BCUT2D eigenvalue weighted by atomic mass is 28.4. The summed E-state index contributed by atoms with van der Waals surface area (Å²) in [6, 6.07) is 3.17. The van der Waals surface area contributed by atoms with E-state index in [1.807, 2.05) is 6.92 Å². The van der Waals surface area contributed by atoms with E-state index in [9.17, 15) is 4.79 Å². The van der Waals surface area contributed by atoms with E-state index in [0.29, 0.717) is 6.42 Å². The molecule has 4 heteroatoms. The van der Waals surface area contributed by atoms with Crippen molar-refractivity contribution in [1.29, 1.82) is 0 Å². The topological polar surface area (TPSA) is 35.5 Å². The molecular formula is C12H24O3Si. The molecule has 1 unspecified atom stereocenters. The fourth-order valence-electron chi connectivity index (χ4n) is 1.65. The highest BCUT2D eigenvalue weighted by Crippen LogP contribution is 2.24. The lowest BCUT2D eigenvalue weighted by atomic mass is 10.5. The lowest BCUT2D eigenvalue weighted by Gasteiger charge is -2.32. The number of carbonyl (C=O) groups excluding carboxylic acids is 1. The quantitative estimate of drug-likeness (QED) is 0.284. The highest BCUT2D eigenvalue weighted by molar-refractivity contribution is 6.73. The van der Waals surface area contributed by atoms with Crippen LogP contribution < -0.4 is 0 Å². The molecule has 0 fully saturated rings. The molecule has 0 heterocycles. The Kier molecular flexibility index (Phi) is 7.33. The van der Waals surface area contributed by atoms with Crippen molar-refractivity contribution >= 4 is 14.3 Å². The molecule has 0 spiro atoms. The summed E-state index contributed by atoms with van der Waals surface area (Å²) in [5.41, 5.74) is 0.